The third-order valence-electron chi connectivity index (χ3n) is 5.83. The highest BCUT2D eigenvalue weighted by molar-refractivity contribution is 8.00. The van der Waals surface area contributed by atoms with Crippen LogP contribution in [-0.4, -0.2) is 47.5 Å². The normalized spacial score (nSPS) is 25.8. The van der Waals surface area contributed by atoms with Crippen molar-refractivity contribution >= 4 is 17.7 Å². The Kier molecular flexibility index (Phi) is 6.49. The molecule has 3 rings (SSSR count). The number of nitrogens with zero attached hydrogens (tertiary/aromatic N) is 1. The van der Waals surface area contributed by atoms with Crippen LogP contribution in [0.15, 0.2) is 0 Å². The third-order valence-corrected chi connectivity index (χ3v) is 7.20. The zero-order valence-corrected chi connectivity index (χ0v) is 14.7. The Labute approximate surface area is 140 Å². The Hall–Kier alpha value is -0.220. The number of thioether (sulfide) groups is 1. The van der Waals surface area contributed by atoms with Gasteiger partial charge in [-0.2, -0.15) is 0 Å². The van der Waals surface area contributed by atoms with Crippen LogP contribution in [0.25, 0.3) is 0 Å². The molecule has 3 fully saturated rings. The van der Waals surface area contributed by atoms with E-state index in [0.717, 1.165) is 17.8 Å². The zero-order chi connectivity index (χ0) is 15.2. The standard InChI is InChI=1S/C18H32N2OS/c21-18(14-22-17-7-3-4-8-17)19-13-15-9-11-20(12-10-15)16-5-1-2-6-16/h15-17H,1-14H2,(H,19,21). The largest absolute Gasteiger partial charge is 0.355 e. The smallest absolute Gasteiger partial charge is 0.230 e. The van der Waals surface area contributed by atoms with Crippen LogP contribution in [0.4, 0.5) is 0 Å². The van der Waals surface area contributed by atoms with E-state index in [1.54, 1.807) is 0 Å². The predicted molar refractivity (Wildman–Crippen MR) is 94.3 cm³/mol. The van der Waals surface area contributed by atoms with Crippen molar-refractivity contribution in [2.24, 2.45) is 5.92 Å². The number of likely N-dealkylation sites (tertiary alicyclic amines) is 1. The van der Waals surface area contributed by atoms with E-state index >= 15 is 0 Å². The molecule has 2 saturated carbocycles. The number of hydrogen-bond acceptors (Lipinski definition) is 3. The molecule has 0 unspecified atom stereocenters. The fourth-order valence-electron chi connectivity index (χ4n) is 4.35. The van der Waals surface area contributed by atoms with Gasteiger partial charge >= 0.3 is 0 Å². The van der Waals surface area contributed by atoms with Crippen LogP contribution in [0.3, 0.4) is 0 Å². The third kappa shape index (κ3) is 4.89. The molecule has 1 aliphatic heterocycles. The Morgan fingerprint density at radius 1 is 0.955 bits per heavy atom. The van der Waals surface area contributed by atoms with Gasteiger partial charge in [-0.05, 0) is 57.5 Å². The lowest BCUT2D eigenvalue weighted by Gasteiger charge is -2.36. The maximum Gasteiger partial charge on any atom is 0.230 e. The van der Waals surface area contributed by atoms with E-state index in [2.05, 4.69) is 10.2 Å². The molecule has 1 heterocycles. The van der Waals surface area contributed by atoms with Crippen LogP contribution >= 0.6 is 11.8 Å². The SMILES string of the molecule is O=C(CSC1CCCC1)NCC1CCN(C2CCCC2)CC1. The summed E-state index contributed by atoms with van der Waals surface area (Å²) in [5, 5.41) is 3.93. The number of nitrogens with one attached hydrogen (secondary N) is 1. The molecule has 0 spiro atoms. The monoisotopic (exact) mass is 324 g/mol. The van der Waals surface area contributed by atoms with Crippen molar-refractivity contribution in [1.82, 2.24) is 10.2 Å². The van der Waals surface area contributed by atoms with Gasteiger partial charge in [0.15, 0.2) is 0 Å². The zero-order valence-electron chi connectivity index (χ0n) is 13.9. The van der Waals surface area contributed by atoms with Crippen molar-refractivity contribution in [3.05, 3.63) is 0 Å². The molecule has 0 aromatic rings. The fraction of sp³-hybridized carbons (Fsp3) is 0.944. The molecule has 0 radical (unpaired) electrons. The second-order valence-electron chi connectivity index (χ2n) is 7.44. The highest BCUT2D eigenvalue weighted by Crippen LogP contribution is 2.29. The van der Waals surface area contributed by atoms with Gasteiger partial charge in [-0.25, -0.2) is 0 Å². The molecule has 1 saturated heterocycles. The van der Waals surface area contributed by atoms with Crippen LogP contribution in [0, 0.1) is 5.92 Å². The molecule has 126 valence electrons. The molecule has 22 heavy (non-hydrogen) atoms. The average Bonchev–Trinajstić information content (AvgIpc) is 3.24. The Morgan fingerprint density at radius 2 is 1.59 bits per heavy atom. The van der Waals surface area contributed by atoms with Gasteiger partial charge in [0.25, 0.3) is 0 Å². The van der Waals surface area contributed by atoms with Crippen molar-refractivity contribution in [3.63, 3.8) is 0 Å². The molecule has 1 N–H and O–H groups in total. The molecule has 0 atom stereocenters. The van der Waals surface area contributed by atoms with Crippen molar-refractivity contribution < 1.29 is 4.79 Å². The number of piperidine rings is 1. The van der Waals surface area contributed by atoms with Gasteiger partial charge in [0.1, 0.15) is 0 Å². The minimum atomic E-state index is 0.259. The molecule has 3 nitrogen and oxygen atoms in total. The maximum atomic E-state index is 12.0. The predicted octanol–water partition coefficient (Wildman–Crippen LogP) is 3.43. The summed E-state index contributed by atoms with van der Waals surface area (Å²) in [4.78, 5) is 14.7. The minimum Gasteiger partial charge on any atom is -0.355 e. The maximum absolute atomic E-state index is 12.0. The van der Waals surface area contributed by atoms with Crippen LogP contribution in [0.5, 0.6) is 0 Å². The number of carbonyl (C=O) groups is 1. The first-order chi connectivity index (χ1) is 10.8. The summed E-state index contributed by atoms with van der Waals surface area (Å²) in [6.45, 7) is 3.41. The molecular formula is C18H32N2OS. The van der Waals surface area contributed by atoms with Crippen molar-refractivity contribution in [1.29, 1.82) is 0 Å². The van der Waals surface area contributed by atoms with E-state index in [1.807, 2.05) is 11.8 Å². The van der Waals surface area contributed by atoms with Gasteiger partial charge in [0, 0.05) is 17.8 Å². The summed E-state index contributed by atoms with van der Waals surface area (Å²) in [7, 11) is 0. The van der Waals surface area contributed by atoms with Gasteiger partial charge < -0.3 is 10.2 Å². The lowest BCUT2D eigenvalue weighted by Crippen LogP contribution is -2.42. The van der Waals surface area contributed by atoms with Gasteiger partial charge in [-0.3, -0.25) is 4.79 Å². The van der Waals surface area contributed by atoms with Gasteiger partial charge in [0.05, 0.1) is 5.75 Å². The second kappa shape index (κ2) is 8.58. The van der Waals surface area contributed by atoms with E-state index in [1.165, 1.54) is 77.3 Å². The molecule has 2 aliphatic carbocycles. The molecular weight excluding hydrogens is 292 g/mol. The summed E-state index contributed by atoms with van der Waals surface area (Å²) in [5.41, 5.74) is 0. The molecule has 0 aromatic heterocycles. The summed E-state index contributed by atoms with van der Waals surface area (Å²) in [6.07, 6.45) is 13.6. The summed E-state index contributed by atoms with van der Waals surface area (Å²) < 4.78 is 0. The van der Waals surface area contributed by atoms with Gasteiger partial charge in [-0.15, -0.1) is 11.8 Å². The van der Waals surface area contributed by atoms with Crippen LogP contribution in [0.1, 0.15) is 64.2 Å². The lowest BCUT2D eigenvalue weighted by atomic mass is 9.95. The fourth-order valence-corrected chi connectivity index (χ4v) is 5.51. The van der Waals surface area contributed by atoms with E-state index in [-0.39, 0.29) is 5.91 Å². The number of rotatable bonds is 6. The summed E-state index contributed by atoms with van der Waals surface area (Å²) in [6, 6.07) is 0.873. The van der Waals surface area contributed by atoms with Crippen LogP contribution in [-0.2, 0) is 4.79 Å². The first-order valence-electron chi connectivity index (χ1n) is 9.43. The lowest BCUT2D eigenvalue weighted by molar-refractivity contribution is -0.118. The van der Waals surface area contributed by atoms with Gasteiger partial charge in [0.2, 0.25) is 5.91 Å². The van der Waals surface area contributed by atoms with Crippen molar-refractivity contribution in [3.8, 4) is 0 Å². The van der Waals surface area contributed by atoms with E-state index in [9.17, 15) is 4.79 Å². The average molecular weight is 325 g/mol. The number of carbonyl (C=O) groups excluding carboxylic acids is 1. The Bertz CT molecular complexity index is 343. The summed E-state index contributed by atoms with van der Waals surface area (Å²) in [5.74, 6) is 1.64. The molecule has 0 bridgehead atoms. The Morgan fingerprint density at radius 3 is 2.27 bits per heavy atom. The molecule has 1 amide bonds. The Balaban J connectivity index is 1.27. The van der Waals surface area contributed by atoms with Crippen molar-refractivity contribution in [2.75, 3.05) is 25.4 Å². The first-order valence-corrected chi connectivity index (χ1v) is 10.5. The van der Waals surface area contributed by atoms with E-state index in [4.69, 9.17) is 0 Å². The van der Waals surface area contributed by atoms with E-state index < -0.39 is 0 Å². The topological polar surface area (TPSA) is 32.3 Å². The number of hydrogen-bond donors (Lipinski definition) is 1. The van der Waals surface area contributed by atoms with Crippen molar-refractivity contribution in [2.45, 2.75) is 75.5 Å². The molecule has 4 heteroatoms. The van der Waals surface area contributed by atoms with E-state index in [0.29, 0.717) is 11.7 Å². The van der Waals surface area contributed by atoms with Crippen LogP contribution < -0.4 is 5.32 Å². The molecule has 0 aromatic carbocycles. The highest BCUT2D eigenvalue weighted by Gasteiger charge is 2.27. The molecule has 3 aliphatic rings. The second-order valence-corrected chi connectivity index (χ2v) is 8.73. The van der Waals surface area contributed by atoms with Crippen LogP contribution in [0.2, 0.25) is 0 Å². The quantitative estimate of drug-likeness (QED) is 0.812. The van der Waals surface area contributed by atoms with Gasteiger partial charge in [-0.1, -0.05) is 25.7 Å². The highest BCUT2D eigenvalue weighted by atomic mass is 32.2. The number of amides is 1. The minimum absolute atomic E-state index is 0.259. The first kappa shape index (κ1) is 16.6. The summed E-state index contributed by atoms with van der Waals surface area (Å²) >= 11 is 1.88.